The minimum absolute atomic E-state index is 0.0898. The van der Waals surface area contributed by atoms with Gasteiger partial charge in [0.05, 0.1) is 18.7 Å². The summed E-state index contributed by atoms with van der Waals surface area (Å²) in [4.78, 5) is 0. The van der Waals surface area contributed by atoms with E-state index in [0.29, 0.717) is 28.7 Å². The predicted molar refractivity (Wildman–Crippen MR) is 84.2 cm³/mol. The average Bonchev–Trinajstić information content (AvgIpc) is 2.44. The Labute approximate surface area is 130 Å². The Morgan fingerprint density at radius 1 is 1.00 bits per heavy atom. The number of hydrogen-bond acceptors (Lipinski definition) is 3. The number of aryl methyl sites for hydroxylation is 2. The van der Waals surface area contributed by atoms with E-state index >= 15 is 0 Å². The van der Waals surface area contributed by atoms with Gasteiger partial charge in [-0.25, -0.2) is 0 Å². The number of aliphatic hydroxyl groups is 1. The van der Waals surface area contributed by atoms with Gasteiger partial charge in [-0.05, 0) is 37.1 Å². The zero-order valence-electron chi connectivity index (χ0n) is 12.4. The third-order valence-electron chi connectivity index (χ3n) is 3.14. The molecule has 0 amide bonds. The molecule has 4 heteroatoms. The minimum atomic E-state index is -0.0898. The summed E-state index contributed by atoms with van der Waals surface area (Å²) in [5, 5.41) is 9.62. The van der Waals surface area contributed by atoms with Gasteiger partial charge in [-0.1, -0.05) is 40.9 Å². The molecule has 3 nitrogen and oxygen atoms in total. The van der Waals surface area contributed by atoms with Crippen molar-refractivity contribution in [2.24, 2.45) is 0 Å². The molecule has 0 saturated heterocycles. The van der Waals surface area contributed by atoms with E-state index in [1.54, 1.807) is 19.2 Å². The Bertz CT molecular complexity index is 618. The van der Waals surface area contributed by atoms with Gasteiger partial charge in [0.2, 0.25) is 0 Å². The van der Waals surface area contributed by atoms with Gasteiger partial charge in [-0.3, -0.25) is 0 Å². The van der Waals surface area contributed by atoms with E-state index in [9.17, 15) is 5.11 Å². The SMILES string of the molecule is COc1cc(CO)cc(Cl)c1OCc1cc(C)cc(C)c1. The second-order valence-corrected chi connectivity index (χ2v) is 5.46. The molecule has 1 N–H and O–H groups in total. The maximum absolute atomic E-state index is 9.19. The molecule has 0 unspecified atom stereocenters. The summed E-state index contributed by atoms with van der Waals surface area (Å²) in [6.45, 7) is 4.44. The summed E-state index contributed by atoms with van der Waals surface area (Å²) in [6, 6.07) is 9.68. The first-order valence-electron chi connectivity index (χ1n) is 6.70. The highest BCUT2D eigenvalue weighted by Crippen LogP contribution is 2.37. The smallest absolute Gasteiger partial charge is 0.180 e. The molecule has 0 bridgehead atoms. The molecule has 21 heavy (non-hydrogen) atoms. The van der Waals surface area contributed by atoms with Crippen LogP contribution in [0.4, 0.5) is 0 Å². The van der Waals surface area contributed by atoms with Crippen LogP contribution in [0.15, 0.2) is 30.3 Å². The molecule has 0 saturated carbocycles. The highest BCUT2D eigenvalue weighted by molar-refractivity contribution is 6.32. The van der Waals surface area contributed by atoms with Crippen molar-refractivity contribution in [3.63, 3.8) is 0 Å². The number of ether oxygens (including phenoxy) is 2. The van der Waals surface area contributed by atoms with Crippen LogP contribution in [0.5, 0.6) is 11.5 Å². The second-order valence-electron chi connectivity index (χ2n) is 5.05. The van der Waals surface area contributed by atoms with Crippen LogP contribution in [0.2, 0.25) is 5.02 Å². The lowest BCUT2D eigenvalue weighted by Gasteiger charge is -2.14. The van der Waals surface area contributed by atoms with Crippen molar-refractivity contribution in [1.82, 2.24) is 0 Å². The minimum Gasteiger partial charge on any atom is -0.493 e. The van der Waals surface area contributed by atoms with Gasteiger partial charge in [0.1, 0.15) is 6.61 Å². The van der Waals surface area contributed by atoms with E-state index in [0.717, 1.165) is 5.56 Å². The van der Waals surface area contributed by atoms with E-state index in [1.165, 1.54) is 11.1 Å². The number of aliphatic hydroxyl groups excluding tert-OH is 1. The highest BCUT2D eigenvalue weighted by atomic mass is 35.5. The van der Waals surface area contributed by atoms with Crippen LogP contribution >= 0.6 is 11.6 Å². The molecule has 0 heterocycles. The topological polar surface area (TPSA) is 38.7 Å². The van der Waals surface area contributed by atoms with Crippen molar-refractivity contribution in [2.45, 2.75) is 27.1 Å². The first kappa shape index (κ1) is 15.7. The molecule has 0 aliphatic carbocycles. The van der Waals surface area contributed by atoms with Crippen LogP contribution in [0.25, 0.3) is 0 Å². The Kier molecular flexibility index (Phi) is 5.10. The summed E-state index contributed by atoms with van der Waals surface area (Å²) in [7, 11) is 1.55. The molecule has 0 spiro atoms. The van der Waals surface area contributed by atoms with Crippen LogP contribution in [0.3, 0.4) is 0 Å². The Morgan fingerprint density at radius 2 is 1.67 bits per heavy atom. The van der Waals surface area contributed by atoms with E-state index in [4.69, 9.17) is 21.1 Å². The van der Waals surface area contributed by atoms with E-state index in [2.05, 4.69) is 32.0 Å². The van der Waals surface area contributed by atoms with Crippen molar-refractivity contribution in [1.29, 1.82) is 0 Å². The molecular weight excluding hydrogens is 288 g/mol. The summed E-state index contributed by atoms with van der Waals surface area (Å²) in [5.41, 5.74) is 4.16. The van der Waals surface area contributed by atoms with E-state index in [-0.39, 0.29) is 6.61 Å². The zero-order chi connectivity index (χ0) is 15.4. The molecule has 0 aromatic heterocycles. The van der Waals surface area contributed by atoms with Crippen LogP contribution in [-0.2, 0) is 13.2 Å². The first-order chi connectivity index (χ1) is 10.0. The van der Waals surface area contributed by atoms with E-state index in [1.807, 2.05) is 0 Å². The summed E-state index contributed by atoms with van der Waals surface area (Å²) >= 11 is 6.20. The first-order valence-corrected chi connectivity index (χ1v) is 7.08. The Hall–Kier alpha value is -1.71. The number of halogens is 1. The fourth-order valence-corrected chi connectivity index (χ4v) is 2.60. The monoisotopic (exact) mass is 306 g/mol. The third kappa shape index (κ3) is 3.90. The van der Waals surface area contributed by atoms with Crippen LogP contribution in [-0.4, -0.2) is 12.2 Å². The standard InChI is InChI=1S/C17H19ClO3/c1-11-4-12(2)6-14(5-11)10-21-17-15(18)7-13(9-19)8-16(17)20-3/h4-8,19H,9-10H2,1-3H3. The second kappa shape index (κ2) is 6.83. The highest BCUT2D eigenvalue weighted by Gasteiger charge is 2.12. The maximum atomic E-state index is 9.19. The number of hydrogen-bond donors (Lipinski definition) is 1. The lowest BCUT2D eigenvalue weighted by atomic mass is 10.1. The molecule has 2 aromatic rings. The molecule has 2 aromatic carbocycles. The maximum Gasteiger partial charge on any atom is 0.180 e. The van der Waals surface area contributed by atoms with Gasteiger partial charge in [0.15, 0.2) is 11.5 Å². The molecular formula is C17H19ClO3. The lowest BCUT2D eigenvalue weighted by Crippen LogP contribution is -2.00. The molecule has 0 aliphatic rings. The van der Waals surface area contributed by atoms with Crippen molar-refractivity contribution in [3.05, 3.63) is 57.6 Å². The van der Waals surface area contributed by atoms with Gasteiger partial charge < -0.3 is 14.6 Å². The average molecular weight is 307 g/mol. The van der Waals surface area contributed by atoms with Crippen molar-refractivity contribution >= 4 is 11.6 Å². The lowest BCUT2D eigenvalue weighted by molar-refractivity contribution is 0.274. The fourth-order valence-electron chi connectivity index (χ4n) is 2.31. The molecule has 0 aliphatic heterocycles. The zero-order valence-corrected chi connectivity index (χ0v) is 13.2. The summed E-state index contributed by atoms with van der Waals surface area (Å²) in [6.07, 6.45) is 0. The number of benzene rings is 2. The predicted octanol–water partition coefficient (Wildman–Crippen LogP) is 4.04. The molecule has 0 radical (unpaired) electrons. The van der Waals surface area contributed by atoms with Crippen molar-refractivity contribution < 1.29 is 14.6 Å². The van der Waals surface area contributed by atoms with Crippen LogP contribution in [0.1, 0.15) is 22.3 Å². The van der Waals surface area contributed by atoms with Crippen molar-refractivity contribution in [3.8, 4) is 11.5 Å². The summed E-state index contributed by atoms with van der Waals surface area (Å²) in [5.74, 6) is 1.02. The third-order valence-corrected chi connectivity index (χ3v) is 3.42. The van der Waals surface area contributed by atoms with Crippen molar-refractivity contribution in [2.75, 3.05) is 7.11 Å². The quantitative estimate of drug-likeness (QED) is 0.906. The largest absolute Gasteiger partial charge is 0.493 e. The van der Waals surface area contributed by atoms with Gasteiger partial charge in [-0.15, -0.1) is 0 Å². The summed E-state index contributed by atoms with van der Waals surface area (Å²) < 4.78 is 11.1. The fraction of sp³-hybridized carbons (Fsp3) is 0.294. The molecule has 2 rings (SSSR count). The normalized spacial score (nSPS) is 10.5. The van der Waals surface area contributed by atoms with Crippen LogP contribution < -0.4 is 9.47 Å². The molecule has 0 fully saturated rings. The number of methoxy groups -OCH3 is 1. The van der Waals surface area contributed by atoms with Gasteiger partial charge >= 0.3 is 0 Å². The molecule has 112 valence electrons. The van der Waals surface area contributed by atoms with Gasteiger partial charge in [0.25, 0.3) is 0 Å². The van der Waals surface area contributed by atoms with Gasteiger partial charge in [-0.2, -0.15) is 0 Å². The van der Waals surface area contributed by atoms with E-state index < -0.39 is 0 Å². The molecule has 0 atom stereocenters. The van der Waals surface area contributed by atoms with Crippen LogP contribution in [0, 0.1) is 13.8 Å². The Balaban J connectivity index is 2.23. The number of rotatable bonds is 5. The van der Waals surface area contributed by atoms with Gasteiger partial charge in [0, 0.05) is 0 Å². The Morgan fingerprint density at radius 3 is 2.24 bits per heavy atom.